The van der Waals surface area contributed by atoms with Gasteiger partial charge in [-0.25, -0.2) is 9.78 Å². The third-order valence-electron chi connectivity index (χ3n) is 4.14. The van der Waals surface area contributed by atoms with Crippen molar-refractivity contribution in [2.24, 2.45) is 0 Å². The lowest BCUT2D eigenvalue weighted by atomic mass is 10.2. The van der Waals surface area contributed by atoms with Gasteiger partial charge in [0, 0.05) is 24.8 Å². The van der Waals surface area contributed by atoms with E-state index in [1.54, 1.807) is 23.1 Å². The number of nitrogens with zero attached hydrogens (tertiary/aromatic N) is 3. The highest BCUT2D eigenvalue weighted by atomic mass is 16.6. The van der Waals surface area contributed by atoms with E-state index in [1.807, 2.05) is 0 Å². The van der Waals surface area contributed by atoms with Crippen molar-refractivity contribution in [3.8, 4) is 0 Å². The molecule has 0 saturated carbocycles. The maximum atomic E-state index is 12.7. The van der Waals surface area contributed by atoms with Gasteiger partial charge in [-0.15, -0.1) is 0 Å². The molecule has 0 N–H and O–H groups in total. The van der Waals surface area contributed by atoms with Gasteiger partial charge in [-0.1, -0.05) is 19.8 Å². The number of nitro benzene ring substituents is 1. The predicted octanol–water partition coefficient (Wildman–Crippen LogP) is 3.60. The molecule has 0 fully saturated rings. The molecule has 0 radical (unpaired) electrons. The zero-order valence-corrected chi connectivity index (χ0v) is 16.4. The third-order valence-corrected chi connectivity index (χ3v) is 4.14. The first-order valence-electron chi connectivity index (χ1n) is 9.18. The number of hydrogen-bond donors (Lipinski definition) is 0. The Bertz CT molecular complexity index is 873. The summed E-state index contributed by atoms with van der Waals surface area (Å²) in [7, 11) is 1.25. The van der Waals surface area contributed by atoms with Gasteiger partial charge in [-0.3, -0.25) is 14.9 Å². The van der Waals surface area contributed by atoms with Gasteiger partial charge in [0.15, 0.2) is 5.69 Å². The Morgan fingerprint density at radius 2 is 2.00 bits per heavy atom. The quantitative estimate of drug-likeness (QED) is 0.196. The molecule has 1 heterocycles. The fourth-order valence-electron chi connectivity index (χ4n) is 2.55. The Morgan fingerprint density at radius 3 is 2.62 bits per heavy atom. The fraction of sp³-hybridized carbons (Fsp3) is 0.350. The number of unbranched alkanes of at least 4 members (excludes halogenated alkanes) is 2. The number of methoxy groups -OCH3 is 1. The standard InChI is InChI=1S/C20H23N3O6/c1-3-4-5-12-22(13-18-21-17(14-29-18)20(25)28-2)19(24)11-8-15-6-9-16(10-7-15)23(26)27/h6-11,14H,3-5,12-13H2,1-2H3. The average molecular weight is 401 g/mol. The maximum Gasteiger partial charge on any atom is 0.360 e. The molecular weight excluding hydrogens is 378 g/mol. The van der Waals surface area contributed by atoms with Crippen molar-refractivity contribution in [2.75, 3.05) is 13.7 Å². The second-order valence-electron chi connectivity index (χ2n) is 6.27. The van der Waals surface area contributed by atoms with Gasteiger partial charge in [-0.05, 0) is 30.2 Å². The lowest BCUT2D eigenvalue weighted by Gasteiger charge is -2.19. The molecule has 9 nitrogen and oxygen atoms in total. The first kappa shape index (κ1) is 21.8. The highest BCUT2D eigenvalue weighted by molar-refractivity contribution is 5.91. The molecule has 1 amide bonds. The predicted molar refractivity (Wildman–Crippen MR) is 105 cm³/mol. The molecular formula is C20H23N3O6. The second kappa shape index (κ2) is 10.7. The highest BCUT2D eigenvalue weighted by Gasteiger charge is 2.17. The molecule has 2 aromatic rings. The molecule has 0 atom stereocenters. The summed E-state index contributed by atoms with van der Waals surface area (Å²) in [6.45, 7) is 2.69. The van der Waals surface area contributed by atoms with Crippen LogP contribution < -0.4 is 0 Å². The molecule has 9 heteroatoms. The van der Waals surface area contributed by atoms with Gasteiger partial charge < -0.3 is 14.1 Å². The summed E-state index contributed by atoms with van der Waals surface area (Å²) in [5.41, 5.74) is 0.700. The fourth-order valence-corrected chi connectivity index (χ4v) is 2.55. The first-order valence-corrected chi connectivity index (χ1v) is 9.18. The number of rotatable bonds is 10. The number of nitro groups is 1. The molecule has 29 heavy (non-hydrogen) atoms. The van der Waals surface area contributed by atoms with Crippen LogP contribution in [0.3, 0.4) is 0 Å². The largest absolute Gasteiger partial charge is 0.464 e. The van der Waals surface area contributed by atoms with E-state index >= 15 is 0 Å². The van der Waals surface area contributed by atoms with Crippen LogP contribution in [0.4, 0.5) is 5.69 Å². The Morgan fingerprint density at radius 1 is 1.28 bits per heavy atom. The lowest BCUT2D eigenvalue weighted by molar-refractivity contribution is -0.384. The van der Waals surface area contributed by atoms with Crippen LogP contribution in [0.5, 0.6) is 0 Å². The van der Waals surface area contributed by atoms with Gasteiger partial charge >= 0.3 is 5.97 Å². The van der Waals surface area contributed by atoms with Crippen LogP contribution in [0.1, 0.15) is 48.1 Å². The van der Waals surface area contributed by atoms with E-state index in [-0.39, 0.29) is 29.7 Å². The molecule has 154 valence electrons. The van der Waals surface area contributed by atoms with Crippen molar-refractivity contribution in [3.63, 3.8) is 0 Å². The van der Waals surface area contributed by atoms with E-state index < -0.39 is 10.9 Å². The smallest absolute Gasteiger partial charge is 0.360 e. The van der Waals surface area contributed by atoms with Crippen LogP contribution >= 0.6 is 0 Å². The van der Waals surface area contributed by atoms with Gasteiger partial charge in [0.05, 0.1) is 18.6 Å². The number of amides is 1. The minimum Gasteiger partial charge on any atom is -0.464 e. The number of benzene rings is 1. The number of oxazole rings is 1. The number of non-ortho nitro benzene ring substituents is 1. The van der Waals surface area contributed by atoms with Gasteiger partial charge in [0.1, 0.15) is 6.26 Å². The van der Waals surface area contributed by atoms with Crippen LogP contribution in [0.25, 0.3) is 6.08 Å². The number of carbonyl (C=O) groups excluding carboxylic acids is 2. The van der Waals surface area contributed by atoms with E-state index in [0.717, 1.165) is 19.3 Å². The van der Waals surface area contributed by atoms with Crippen molar-refractivity contribution >= 4 is 23.6 Å². The summed E-state index contributed by atoms with van der Waals surface area (Å²) in [4.78, 5) is 40.0. The minimum atomic E-state index is -0.609. The van der Waals surface area contributed by atoms with Crippen LogP contribution in [0, 0.1) is 10.1 Å². The average Bonchev–Trinajstić information content (AvgIpc) is 3.19. The molecule has 0 aliphatic heterocycles. The summed E-state index contributed by atoms with van der Waals surface area (Å²) in [6.07, 6.45) is 6.98. The maximum absolute atomic E-state index is 12.7. The van der Waals surface area contributed by atoms with Crippen LogP contribution in [0.2, 0.25) is 0 Å². The molecule has 0 unspecified atom stereocenters. The van der Waals surface area contributed by atoms with E-state index in [2.05, 4.69) is 16.6 Å². The van der Waals surface area contributed by atoms with Gasteiger partial charge in [0.2, 0.25) is 11.8 Å². The Kier molecular flexibility index (Phi) is 8.08. The molecule has 1 aromatic heterocycles. The summed E-state index contributed by atoms with van der Waals surface area (Å²) in [6, 6.07) is 5.90. The summed E-state index contributed by atoms with van der Waals surface area (Å²) in [5, 5.41) is 10.7. The molecule has 0 aliphatic carbocycles. The Balaban J connectivity index is 2.08. The number of aromatic nitrogens is 1. The molecule has 0 aliphatic rings. The zero-order valence-electron chi connectivity index (χ0n) is 16.4. The van der Waals surface area contributed by atoms with Crippen molar-refractivity contribution in [1.29, 1.82) is 0 Å². The first-order chi connectivity index (χ1) is 13.9. The molecule has 1 aromatic carbocycles. The van der Waals surface area contributed by atoms with Crippen molar-refractivity contribution < 1.29 is 23.7 Å². The summed E-state index contributed by atoms with van der Waals surface area (Å²) in [5.74, 6) is -0.627. The number of esters is 1. The van der Waals surface area contributed by atoms with Crippen LogP contribution in [0.15, 0.2) is 41.0 Å². The normalized spacial score (nSPS) is 10.8. The van der Waals surface area contributed by atoms with Gasteiger partial charge in [0.25, 0.3) is 5.69 Å². The molecule has 2 rings (SSSR count). The topological polar surface area (TPSA) is 116 Å². The monoisotopic (exact) mass is 401 g/mol. The Labute approximate surface area is 168 Å². The van der Waals surface area contributed by atoms with E-state index in [0.29, 0.717) is 12.1 Å². The van der Waals surface area contributed by atoms with E-state index in [4.69, 9.17) is 4.42 Å². The number of ether oxygens (including phenoxy) is 1. The van der Waals surface area contributed by atoms with E-state index in [9.17, 15) is 19.7 Å². The van der Waals surface area contributed by atoms with Crippen LogP contribution in [-0.4, -0.2) is 40.3 Å². The Hall–Kier alpha value is -3.49. The third kappa shape index (κ3) is 6.56. The zero-order chi connectivity index (χ0) is 21.2. The highest BCUT2D eigenvalue weighted by Crippen LogP contribution is 2.14. The SMILES string of the molecule is CCCCCN(Cc1nc(C(=O)OC)co1)C(=O)C=Cc1ccc([N+](=O)[O-])cc1. The number of carbonyl (C=O) groups is 2. The van der Waals surface area contributed by atoms with Crippen molar-refractivity contribution in [3.05, 3.63) is 63.9 Å². The minimum absolute atomic E-state index is 0.0139. The summed E-state index contributed by atoms with van der Waals surface area (Å²) < 4.78 is 9.88. The van der Waals surface area contributed by atoms with Crippen molar-refractivity contribution in [1.82, 2.24) is 9.88 Å². The number of hydrogen-bond acceptors (Lipinski definition) is 7. The van der Waals surface area contributed by atoms with Gasteiger partial charge in [-0.2, -0.15) is 0 Å². The molecule has 0 saturated heterocycles. The van der Waals surface area contributed by atoms with E-state index in [1.165, 1.54) is 31.6 Å². The molecule has 0 spiro atoms. The second-order valence-corrected chi connectivity index (χ2v) is 6.27. The molecule has 0 bridgehead atoms. The lowest BCUT2D eigenvalue weighted by Crippen LogP contribution is -2.30. The van der Waals surface area contributed by atoms with Crippen molar-refractivity contribution in [2.45, 2.75) is 32.7 Å². The summed E-state index contributed by atoms with van der Waals surface area (Å²) >= 11 is 0. The van der Waals surface area contributed by atoms with Crippen LogP contribution in [-0.2, 0) is 16.1 Å².